The van der Waals surface area contributed by atoms with E-state index in [1.54, 1.807) is 6.20 Å². The first-order chi connectivity index (χ1) is 18.0. The van der Waals surface area contributed by atoms with Gasteiger partial charge in [0.2, 0.25) is 17.8 Å². The van der Waals surface area contributed by atoms with Crippen molar-refractivity contribution in [3.63, 3.8) is 0 Å². The number of anilines is 3. The third-order valence-electron chi connectivity index (χ3n) is 9.29. The van der Waals surface area contributed by atoms with Crippen molar-refractivity contribution in [2.24, 2.45) is 11.3 Å². The maximum atomic E-state index is 13.9. The van der Waals surface area contributed by atoms with E-state index in [0.29, 0.717) is 42.9 Å². The Hall–Kier alpha value is -3.11. The fourth-order valence-electron chi connectivity index (χ4n) is 6.91. The van der Waals surface area contributed by atoms with Crippen LogP contribution >= 0.6 is 0 Å². The van der Waals surface area contributed by atoms with Crippen molar-refractivity contribution in [3.8, 4) is 0 Å². The number of hydrogen-bond acceptors (Lipinski definition) is 8. The summed E-state index contributed by atoms with van der Waals surface area (Å²) in [5, 5.41) is 6.12. The van der Waals surface area contributed by atoms with E-state index in [4.69, 9.17) is 4.98 Å². The van der Waals surface area contributed by atoms with Gasteiger partial charge in [-0.2, -0.15) is 4.98 Å². The van der Waals surface area contributed by atoms with Gasteiger partial charge in [0.05, 0.1) is 5.54 Å². The number of aromatic nitrogens is 3. The Bertz CT molecular complexity index is 1220. The normalized spacial score (nSPS) is 31.1. The van der Waals surface area contributed by atoms with Crippen LogP contribution in [0.1, 0.15) is 43.7 Å². The van der Waals surface area contributed by atoms with Gasteiger partial charge in [-0.15, -0.1) is 0 Å². The van der Waals surface area contributed by atoms with Crippen molar-refractivity contribution in [1.82, 2.24) is 30.1 Å². The van der Waals surface area contributed by atoms with Crippen molar-refractivity contribution in [1.29, 1.82) is 0 Å². The van der Waals surface area contributed by atoms with Crippen LogP contribution in [-0.4, -0.2) is 81.4 Å². The van der Waals surface area contributed by atoms with Gasteiger partial charge in [0.15, 0.2) is 0 Å². The molecule has 0 radical (unpaired) electrons. The number of amides is 2. The zero-order valence-corrected chi connectivity index (χ0v) is 21.4. The number of piperazine rings is 1. The predicted molar refractivity (Wildman–Crippen MR) is 138 cm³/mol. The topological polar surface area (TPSA) is 107 Å². The molecule has 0 aromatic carbocycles. The van der Waals surface area contributed by atoms with Crippen LogP contribution in [0.2, 0.25) is 0 Å². The summed E-state index contributed by atoms with van der Waals surface area (Å²) in [5.74, 6) is 2.22. The minimum Gasteiger partial charge on any atom is -0.355 e. The number of pyridine rings is 1. The number of nitrogens with one attached hydrogen (secondary N) is 2. The molecule has 194 valence electrons. The molecule has 3 aliphatic heterocycles. The van der Waals surface area contributed by atoms with Gasteiger partial charge in [-0.25, -0.2) is 9.97 Å². The van der Waals surface area contributed by atoms with Gasteiger partial charge in [-0.05, 0) is 49.8 Å². The summed E-state index contributed by atoms with van der Waals surface area (Å²) in [6.45, 7) is 9.17. The molecule has 6 aliphatic rings. The van der Waals surface area contributed by atoms with Crippen LogP contribution in [0.5, 0.6) is 0 Å². The highest BCUT2D eigenvalue weighted by atomic mass is 16.2. The first-order valence-electron chi connectivity index (χ1n) is 13.6. The average Bonchev–Trinajstić information content (AvgIpc) is 3.22. The lowest BCUT2D eigenvalue weighted by molar-refractivity contribution is -0.144. The third kappa shape index (κ3) is 3.64. The van der Waals surface area contributed by atoms with Gasteiger partial charge in [-0.1, -0.05) is 13.0 Å². The Morgan fingerprint density at radius 3 is 2.46 bits per heavy atom. The van der Waals surface area contributed by atoms with Gasteiger partial charge in [0, 0.05) is 63.6 Å². The van der Waals surface area contributed by atoms with Crippen LogP contribution in [0.4, 0.5) is 17.6 Å². The minimum absolute atomic E-state index is 0.0833. The molecule has 8 rings (SSSR count). The third-order valence-corrected chi connectivity index (χ3v) is 9.29. The van der Waals surface area contributed by atoms with Crippen LogP contribution in [-0.2, 0) is 22.6 Å². The maximum absolute atomic E-state index is 13.9. The van der Waals surface area contributed by atoms with E-state index in [2.05, 4.69) is 43.4 Å². The molecule has 10 heteroatoms. The van der Waals surface area contributed by atoms with E-state index in [1.807, 2.05) is 17.2 Å². The van der Waals surface area contributed by atoms with Crippen molar-refractivity contribution in [2.75, 3.05) is 49.5 Å². The molecule has 0 unspecified atom stereocenters. The molecule has 1 spiro atoms. The number of nitrogens with zero attached hydrogens (tertiary/aromatic N) is 6. The van der Waals surface area contributed by atoms with Gasteiger partial charge in [0.25, 0.3) is 0 Å². The molecule has 2 aromatic heterocycles. The van der Waals surface area contributed by atoms with Crippen molar-refractivity contribution < 1.29 is 9.59 Å². The Morgan fingerprint density at radius 1 is 1.05 bits per heavy atom. The summed E-state index contributed by atoms with van der Waals surface area (Å²) < 4.78 is 0. The van der Waals surface area contributed by atoms with E-state index in [1.165, 1.54) is 5.56 Å². The first kappa shape index (κ1) is 23.0. The standard InChI is InChI=1S/C27H34N8O2/c1-2-33-7-9-34(10-8-33)17-18-3-4-21(29-15-18)31-25-30-16-20-14-27(5-6-28-23(27)36)24(37)35(22(20)32-25)26-11-19(12-26)13-26/h3-4,15-16,19H,2,5-14,17H2,1H3,(H,28,36)(H,29,30,31,32)/t19?,26?,27-/m1/s1. The van der Waals surface area contributed by atoms with Crippen LogP contribution < -0.4 is 15.5 Å². The van der Waals surface area contributed by atoms with Crippen LogP contribution in [0.25, 0.3) is 0 Å². The van der Waals surface area contributed by atoms with Gasteiger partial charge in [-0.3, -0.25) is 19.4 Å². The summed E-state index contributed by atoms with van der Waals surface area (Å²) in [4.78, 5) is 47.5. The first-order valence-corrected chi connectivity index (χ1v) is 13.6. The van der Waals surface area contributed by atoms with E-state index in [-0.39, 0.29) is 17.4 Å². The second-order valence-electron chi connectivity index (χ2n) is 11.5. The van der Waals surface area contributed by atoms with Crippen molar-refractivity contribution >= 4 is 29.4 Å². The molecule has 1 atom stereocenters. The lowest BCUT2D eigenvalue weighted by Crippen LogP contribution is -2.73. The molecule has 2 amide bonds. The van der Waals surface area contributed by atoms with Gasteiger partial charge in [0.1, 0.15) is 17.1 Å². The Kier molecular flexibility index (Phi) is 5.27. The smallest absolute Gasteiger partial charge is 0.244 e. The maximum Gasteiger partial charge on any atom is 0.244 e. The van der Waals surface area contributed by atoms with Crippen LogP contribution in [0, 0.1) is 11.3 Å². The molecular weight excluding hydrogens is 468 g/mol. The van der Waals surface area contributed by atoms with E-state index in [0.717, 1.165) is 64.1 Å². The fraction of sp³-hybridized carbons (Fsp3) is 0.593. The zero-order valence-electron chi connectivity index (χ0n) is 21.4. The van der Waals surface area contributed by atoms with Crippen LogP contribution in [0.3, 0.4) is 0 Å². The molecule has 2 saturated heterocycles. The highest BCUT2D eigenvalue weighted by Crippen LogP contribution is 2.63. The van der Waals surface area contributed by atoms with Gasteiger partial charge < -0.3 is 15.5 Å². The number of carbonyl (C=O) groups is 2. The average molecular weight is 503 g/mol. The molecule has 2 aromatic rings. The summed E-state index contributed by atoms with van der Waals surface area (Å²) in [7, 11) is 0. The monoisotopic (exact) mass is 502 g/mol. The van der Waals surface area contributed by atoms with Crippen molar-refractivity contribution in [2.45, 2.75) is 51.1 Å². The largest absolute Gasteiger partial charge is 0.355 e. The number of hydrogen-bond donors (Lipinski definition) is 2. The Labute approximate surface area is 216 Å². The number of carbonyl (C=O) groups excluding carboxylic acids is 2. The zero-order chi connectivity index (χ0) is 25.2. The second kappa shape index (κ2) is 8.46. The number of fused-ring (bicyclic) bond motifs is 1. The molecule has 3 saturated carbocycles. The lowest BCUT2D eigenvalue weighted by atomic mass is 9.48. The molecule has 3 aliphatic carbocycles. The highest BCUT2D eigenvalue weighted by molar-refractivity contribution is 6.15. The molecule has 2 N–H and O–H groups in total. The Morgan fingerprint density at radius 2 is 1.84 bits per heavy atom. The number of rotatable bonds is 6. The molecule has 5 fully saturated rings. The molecule has 37 heavy (non-hydrogen) atoms. The highest BCUT2D eigenvalue weighted by Gasteiger charge is 2.67. The summed E-state index contributed by atoms with van der Waals surface area (Å²) in [6.07, 6.45) is 7.59. The van der Waals surface area contributed by atoms with Crippen LogP contribution in [0.15, 0.2) is 24.5 Å². The fourth-order valence-corrected chi connectivity index (χ4v) is 6.91. The second-order valence-corrected chi connectivity index (χ2v) is 11.5. The molecule has 2 bridgehead atoms. The molecule has 10 nitrogen and oxygen atoms in total. The number of likely N-dealkylation sites (N-methyl/N-ethyl adjacent to an activating group) is 1. The quantitative estimate of drug-likeness (QED) is 0.575. The summed E-state index contributed by atoms with van der Waals surface area (Å²) in [6, 6.07) is 4.06. The van der Waals surface area contributed by atoms with E-state index < -0.39 is 5.41 Å². The SMILES string of the molecule is CCN1CCN(Cc2ccc(Nc3ncc4c(n3)N(C35CC(C3)C5)C(=O)[C@]3(CCNC3=O)C4)nc2)CC1. The lowest BCUT2D eigenvalue weighted by Gasteiger charge is -2.67. The van der Waals surface area contributed by atoms with E-state index >= 15 is 0 Å². The predicted octanol–water partition coefficient (Wildman–Crippen LogP) is 1.70. The minimum atomic E-state index is -1.01. The summed E-state index contributed by atoms with van der Waals surface area (Å²) in [5.41, 5.74) is 0.864. The molecular formula is C27H34N8O2. The van der Waals surface area contributed by atoms with Gasteiger partial charge >= 0.3 is 0 Å². The Balaban J connectivity index is 1.10. The van der Waals surface area contributed by atoms with E-state index in [9.17, 15) is 9.59 Å². The summed E-state index contributed by atoms with van der Waals surface area (Å²) >= 11 is 0. The van der Waals surface area contributed by atoms with Crippen molar-refractivity contribution in [3.05, 3.63) is 35.7 Å². The molecule has 5 heterocycles.